The van der Waals surface area contributed by atoms with Gasteiger partial charge in [-0.25, -0.2) is 4.98 Å². The van der Waals surface area contributed by atoms with E-state index >= 15 is 0 Å². The van der Waals surface area contributed by atoms with E-state index in [1.165, 1.54) is 21.9 Å². The SMILES string of the molecule is c1ccc(-c2ccc(N(c3ccc4ccccc4c3)c3c4ccccc4cc4oc5ccc(-c6ccc7oc(-c8ccccc8)nc7c6)cc5c34)cc2)cc1. The van der Waals surface area contributed by atoms with Crippen molar-refractivity contribution in [2.45, 2.75) is 0 Å². The van der Waals surface area contributed by atoms with Crippen LogP contribution >= 0.6 is 0 Å². The maximum absolute atomic E-state index is 6.73. The predicted molar refractivity (Wildman–Crippen MR) is 227 cm³/mol. The Balaban J connectivity index is 1.14. The minimum Gasteiger partial charge on any atom is -0.456 e. The molecule has 0 aliphatic carbocycles. The molecule has 9 aromatic carbocycles. The molecule has 0 atom stereocenters. The summed E-state index contributed by atoms with van der Waals surface area (Å²) in [5, 5.41) is 6.74. The van der Waals surface area contributed by atoms with Gasteiger partial charge in [0.15, 0.2) is 5.58 Å². The van der Waals surface area contributed by atoms with Crippen LogP contribution in [0.25, 0.3) is 88.3 Å². The van der Waals surface area contributed by atoms with Crippen molar-refractivity contribution < 1.29 is 8.83 Å². The first kappa shape index (κ1) is 31.1. The molecule has 0 radical (unpaired) electrons. The fraction of sp³-hybridized carbons (Fsp3) is 0. The largest absolute Gasteiger partial charge is 0.456 e. The van der Waals surface area contributed by atoms with Crippen LogP contribution in [0.4, 0.5) is 17.1 Å². The second kappa shape index (κ2) is 12.6. The number of aromatic nitrogens is 1. The molecule has 4 nitrogen and oxygen atoms in total. The Hall–Kier alpha value is -7.43. The summed E-state index contributed by atoms with van der Waals surface area (Å²) in [5.41, 5.74) is 11.9. The zero-order chi connectivity index (χ0) is 36.3. The number of rotatable bonds is 6. The van der Waals surface area contributed by atoms with Gasteiger partial charge in [0.2, 0.25) is 5.89 Å². The molecule has 55 heavy (non-hydrogen) atoms. The van der Waals surface area contributed by atoms with E-state index in [2.05, 4.69) is 163 Å². The fourth-order valence-electron chi connectivity index (χ4n) is 7.96. The average Bonchev–Trinajstić information content (AvgIpc) is 3.85. The smallest absolute Gasteiger partial charge is 0.227 e. The number of nitrogens with zero attached hydrogens (tertiary/aromatic N) is 2. The lowest BCUT2D eigenvalue weighted by molar-refractivity contribution is 0.620. The number of fused-ring (bicyclic) bond motifs is 6. The van der Waals surface area contributed by atoms with Crippen LogP contribution in [0, 0.1) is 0 Å². The summed E-state index contributed by atoms with van der Waals surface area (Å²) < 4.78 is 12.9. The van der Waals surface area contributed by atoms with Gasteiger partial charge in [-0.1, -0.05) is 127 Å². The highest BCUT2D eigenvalue weighted by atomic mass is 16.3. The number of benzene rings is 9. The molecule has 0 aliphatic rings. The molecule has 0 fully saturated rings. The third-order valence-electron chi connectivity index (χ3n) is 10.6. The molecule has 0 amide bonds. The molecular formula is C51H32N2O2. The molecule has 0 aliphatic heterocycles. The molecule has 0 saturated carbocycles. The average molecular weight is 705 g/mol. The van der Waals surface area contributed by atoms with Gasteiger partial charge >= 0.3 is 0 Å². The Morgan fingerprint density at radius 1 is 0.364 bits per heavy atom. The van der Waals surface area contributed by atoms with E-state index in [0.717, 1.165) is 77.6 Å². The first-order valence-corrected chi connectivity index (χ1v) is 18.5. The number of hydrogen-bond acceptors (Lipinski definition) is 4. The van der Waals surface area contributed by atoms with E-state index < -0.39 is 0 Å². The van der Waals surface area contributed by atoms with E-state index in [9.17, 15) is 0 Å². The quantitative estimate of drug-likeness (QED) is 0.173. The van der Waals surface area contributed by atoms with Crippen molar-refractivity contribution in [3.8, 4) is 33.7 Å². The minimum atomic E-state index is 0.617. The predicted octanol–water partition coefficient (Wildman–Crippen LogP) is 14.5. The van der Waals surface area contributed by atoms with Crippen LogP contribution in [-0.2, 0) is 0 Å². The maximum Gasteiger partial charge on any atom is 0.227 e. The Morgan fingerprint density at radius 2 is 0.982 bits per heavy atom. The summed E-state index contributed by atoms with van der Waals surface area (Å²) in [5.74, 6) is 0.617. The second-order valence-corrected chi connectivity index (χ2v) is 14.0. The number of anilines is 3. The first-order valence-electron chi connectivity index (χ1n) is 18.5. The van der Waals surface area contributed by atoms with Gasteiger partial charge in [-0.15, -0.1) is 0 Å². The summed E-state index contributed by atoms with van der Waals surface area (Å²) in [6.45, 7) is 0. The highest BCUT2D eigenvalue weighted by Crippen LogP contribution is 2.48. The van der Waals surface area contributed by atoms with Gasteiger partial charge in [0.05, 0.1) is 11.1 Å². The topological polar surface area (TPSA) is 42.4 Å². The van der Waals surface area contributed by atoms with Gasteiger partial charge < -0.3 is 13.7 Å². The van der Waals surface area contributed by atoms with Crippen molar-refractivity contribution >= 4 is 71.6 Å². The van der Waals surface area contributed by atoms with Crippen LogP contribution in [0.15, 0.2) is 203 Å². The van der Waals surface area contributed by atoms with Crippen LogP contribution in [0.3, 0.4) is 0 Å². The summed E-state index contributed by atoms with van der Waals surface area (Å²) >= 11 is 0. The molecule has 4 heteroatoms. The van der Waals surface area contributed by atoms with Gasteiger partial charge in [-0.05, 0) is 105 Å². The van der Waals surface area contributed by atoms with E-state index in [1.807, 2.05) is 36.4 Å². The van der Waals surface area contributed by atoms with E-state index in [4.69, 9.17) is 13.8 Å². The van der Waals surface area contributed by atoms with Crippen molar-refractivity contribution in [2.24, 2.45) is 0 Å². The summed E-state index contributed by atoms with van der Waals surface area (Å²) in [7, 11) is 0. The van der Waals surface area contributed by atoms with Crippen LogP contribution in [0.5, 0.6) is 0 Å². The van der Waals surface area contributed by atoms with Crippen LogP contribution in [-0.4, -0.2) is 4.98 Å². The van der Waals surface area contributed by atoms with Crippen molar-refractivity contribution in [1.29, 1.82) is 0 Å². The summed E-state index contributed by atoms with van der Waals surface area (Å²) in [6, 6.07) is 68.3. The normalized spacial score (nSPS) is 11.6. The van der Waals surface area contributed by atoms with E-state index in [0.29, 0.717) is 5.89 Å². The third-order valence-corrected chi connectivity index (χ3v) is 10.6. The zero-order valence-corrected chi connectivity index (χ0v) is 29.7. The number of furan rings is 1. The monoisotopic (exact) mass is 704 g/mol. The maximum atomic E-state index is 6.73. The Labute approximate surface area is 317 Å². The lowest BCUT2D eigenvalue weighted by atomic mass is 9.98. The molecule has 2 heterocycles. The van der Waals surface area contributed by atoms with Crippen molar-refractivity contribution in [3.05, 3.63) is 194 Å². The van der Waals surface area contributed by atoms with Gasteiger partial charge in [-0.2, -0.15) is 0 Å². The molecule has 11 aromatic rings. The Bertz CT molecular complexity index is 3200. The summed E-state index contributed by atoms with van der Waals surface area (Å²) in [4.78, 5) is 7.27. The lowest BCUT2D eigenvalue weighted by Crippen LogP contribution is -2.11. The standard InChI is InChI=1S/C51H32N2O2/c1-3-11-33(12-4-1)35-19-24-41(25-20-35)53(42-26-21-34-13-7-8-16-37(34)29-42)50-43-18-10-9-17-40(43)32-48-49(50)44-30-38(22-27-46(44)54-48)39-23-28-47-45(31-39)52-51(55-47)36-14-5-2-6-15-36/h1-32H. The summed E-state index contributed by atoms with van der Waals surface area (Å²) in [6.07, 6.45) is 0. The van der Waals surface area contributed by atoms with Crippen molar-refractivity contribution in [3.63, 3.8) is 0 Å². The molecule has 0 unspecified atom stereocenters. The Morgan fingerprint density at radius 3 is 1.78 bits per heavy atom. The Kier molecular flexibility index (Phi) is 7.14. The zero-order valence-electron chi connectivity index (χ0n) is 29.7. The molecule has 0 N–H and O–H groups in total. The highest BCUT2D eigenvalue weighted by Gasteiger charge is 2.23. The fourth-order valence-corrected chi connectivity index (χ4v) is 7.96. The number of oxazole rings is 1. The van der Waals surface area contributed by atoms with Gasteiger partial charge in [-0.3, -0.25) is 0 Å². The molecule has 0 bridgehead atoms. The molecular weight excluding hydrogens is 673 g/mol. The molecule has 2 aromatic heterocycles. The second-order valence-electron chi connectivity index (χ2n) is 14.0. The number of hydrogen-bond donors (Lipinski definition) is 0. The molecule has 0 saturated heterocycles. The van der Waals surface area contributed by atoms with E-state index in [1.54, 1.807) is 0 Å². The third kappa shape index (κ3) is 5.34. The van der Waals surface area contributed by atoms with Crippen LogP contribution < -0.4 is 4.90 Å². The van der Waals surface area contributed by atoms with Crippen molar-refractivity contribution in [1.82, 2.24) is 4.98 Å². The molecule has 258 valence electrons. The van der Waals surface area contributed by atoms with Gasteiger partial charge in [0, 0.05) is 27.7 Å². The molecule has 11 rings (SSSR count). The molecule has 0 spiro atoms. The van der Waals surface area contributed by atoms with Crippen molar-refractivity contribution in [2.75, 3.05) is 4.90 Å². The van der Waals surface area contributed by atoms with Crippen LogP contribution in [0.2, 0.25) is 0 Å². The van der Waals surface area contributed by atoms with Gasteiger partial charge in [0.1, 0.15) is 16.7 Å². The van der Waals surface area contributed by atoms with E-state index in [-0.39, 0.29) is 0 Å². The van der Waals surface area contributed by atoms with Gasteiger partial charge in [0.25, 0.3) is 0 Å². The lowest BCUT2D eigenvalue weighted by Gasteiger charge is -2.28. The first-order chi connectivity index (χ1) is 27.2. The highest BCUT2D eigenvalue weighted by molar-refractivity contribution is 6.22. The minimum absolute atomic E-state index is 0.617. The van der Waals surface area contributed by atoms with Crippen LogP contribution in [0.1, 0.15) is 0 Å².